The lowest BCUT2D eigenvalue weighted by molar-refractivity contribution is -0.207. The fraction of sp³-hybridized carbons (Fsp3) is 0.962. The number of alkyl halides is 2. The molecule has 4 saturated carbocycles. The molecule has 0 saturated heterocycles. The maximum absolute atomic E-state index is 12.3. The molecule has 0 amide bonds. The second-order valence-electron chi connectivity index (χ2n) is 12.1. The maximum atomic E-state index is 12.3. The standard InChI is InChI=1S/C26H42F2O5/c1-14(4-7-23(32)33-13-22(27)28)17-5-6-18-24-19(12-21(31)26(17,18)3)25(2)9-8-16(29)10-15(25)11-20(24)30/h14-22,24,29-31H,4-13H2,1-3H3/t14-,15+,16?,17-,18+,19+,20?,21?,24+,25+,26-/m1/s1. The molecule has 0 spiro atoms. The van der Waals surface area contributed by atoms with Gasteiger partial charge in [-0.3, -0.25) is 4.79 Å². The molecule has 0 aromatic rings. The number of ether oxygens (including phenoxy) is 1. The van der Waals surface area contributed by atoms with Gasteiger partial charge in [0, 0.05) is 6.42 Å². The number of carbonyl (C=O) groups is 1. The Labute approximate surface area is 196 Å². The van der Waals surface area contributed by atoms with Crippen LogP contribution < -0.4 is 0 Å². The van der Waals surface area contributed by atoms with E-state index in [9.17, 15) is 28.9 Å². The molecule has 0 aromatic carbocycles. The summed E-state index contributed by atoms with van der Waals surface area (Å²) < 4.78 is 29.2. The highest BCUT2D eigenvalue weighted by atomic mass is 19.3. The average molecular weight is 473 g/mol. The predicted molar refractivity (Wildman–Crippen MR) is 119 cm³/mol. The van der Waals surface area contributed by atoms with Crippen molar-refractivity contribution in [2.45, 2.75) is 103 Å². The van der Waals surface area contributed by atoms with E-state index < -0.39 is 31.2 Å². The van der Waals surface area contributed by atoms with Gasteiger partial charge in [-0.15, -0.1) is 0 Å². The number of aliphatic hydroxyl groups is 3. The second kappa shape index (κ2) is 9.34. The van der Waals surface area contributed by atoms with E-state index in [-0.39, 0.29) is 52.9 Å². The zero-order valence-electron chi connectivity index (χ0n) is 20.3. The Balaban J connectivity index is 1.48. The first-order chi connectivity index (χ1) is 15.5. The Kier molecular flexibility index (Phi) is 7.17. The number of halogens is 2. The molecule has 33 heavy (non-hydrogen) atoms. The van der Waals surface area contributed by atoms with Crippen molar-refractivity contribution in [1.82, 2.24) is 0 Å². The van der Waals surface area contributed by atoms with Gasteiger partial charge in [0.05, 0.1) is 18.3 Å². The van der Waals surface area contributed by atoms with Gasteiger partial charge in [0.15, 0.2) is 6.61 Å². The van der Waals surface area contributed by atoms with Crippen LogP contribution in [0.4, 0.5) is 8.78 Å². The highest BCUT2D eigenvalue weighted by molar-refractivity contribution is 5.69. The van der Waals surface area contributed by atoms with Crippen LogP contribution in [-0.4, -0.2) is 52.6 Å². The van der Waals surface area contributed by atoms with Crippen LogP contribution in [0.15, 0.2) is 0 Å². The van der Waals surface area contributed by atoms with Crippen molar-refractivity contribution >= 4 is 5.97 Å². The summed E-state index contributed by atoms with van der Waals surface area (Å²) in [6.07, 6.45) is 2.65. The van der Waals surface area contributed by atoms with Crippen molar-refractivity contribution in [2.24, 2.45) is 46.3 Å². The minimum absolute atomic E-state index is 0.0452. The monoisotopic (exact) mass is 472 g/mol. The van der Waals surface area contributed by atoms with E-state index in [1.54, 1.807) is 0 Å². The van der Waals surface area contributed by atoms with Gasteiger partial charge in [0.2, 0.25) is 0 Å². The normalized spacial score (nSPS) is 48.0. The number of hydrogen-bond donors (Lipinski definition) is 3. The van der Waals surface area contributed by atoms with Crippen LogP contribution in [0.1, 0.15) is 78.6 Å². The predicted octanol–water partition coefficient (Wildman–Crippen LogP) is 4.17. The summed E-state index contributed by atoms with van der Waals surface area (Å²) >= 11 is 0. The van der Waals surface area contributed by atoms with Crippen LogP contribution in [0.25, 0.3) is 0 Å². The van der Waals surface area contributed by atoms with E-state index in [4.69, 9.17) is 0 Å². The molecular weight excluding hydrogens is 430 g/mol. The minimum Gasteiger partial charge on any atom is -0.460 e. The molecule has 4 aliphatic carbocycles. The van der Waals surface area contributed by atoms with Crippen LogP contribution in [0.3, 0.4) is 0 Å². The Morgan fingerprint density at radius 3 is 2.48 bits per heavy atom. The van der Waals surface area contributed by atoms with Gasteiger partial charge in [-0.25, -0.2) is 8.78 Å². The van der Waals surface area contributed by atoms with E-state index in [1.165, 1.54) is 0 Å². The van der Waals surface area contributed by atoms with Crippen molar-refractivity contribution < 1.29 is 33.6 Å². The molecule has 5 nitrogen and oxygen atoms in total. The summed E-state index contributed by atoms with van der Waals surface area (Å²) in [6, 6.07) is 0. The molecule has 11 atom stereocenters. The van der Waals surface area contributed by atoms with Crippen molar-refractivity contribution in [2.75, 3.05) is 6.61 Å². The van der Waals surface area contributed by atoms with Crippen molar-refractivity contribution in [1.29, 1.82) is 0 Å². The minimum atomic E-state index is -2.65. The van der Waals surface area contributed by atoms with Crippen molar-refractivity contribution in [3.8, 4) is 0 Å². The van der Waals surface area contributed by atoms with Crippen LogP contribution in [0.5, 0.6) is 0 Å². The maximum Gasteiger partial charge on any atom is 0.305 e. The lowest BCUT2D eigenvalue weighted by Crippen LogP contribution is -2.62. The number of carbonyl (C=O) groups excluding carboxylic acids is 1. The molecule has 3 N–H and O–H groups in total. The average Bonchev–Trinajstić information content (AvgIpc) is 3.11. The first-order valence-electron chi connectivity index (χ1n) is 13.0. The molecule has 4 rings (SSSR count). The SMILES string of the molecule is C[C@H](CCC(=O)OCC(F)F)[C@H]1CC[C@H]2[C@@H]3C(O)C[C@@H]4CC(O)CC[C@]4(C)[C@H]3CC(O)[C@]12C. The number of aliphatic hydroxyl groups excluding tert-OH is 3. The molecule has 0 heterocycles. The third-order valence-electron chi connectivity index (χ3n) is 10.7. The van der Waals surface area contributed by atoms with Gasteiger partial charge in [0.1, 0.15) is 0 Å². The first kappa shape index (κ1) is 25.3. The highest BCUT2D eigenvalue weighted by Gasteiger charge is 2.65. The molecule has 7 heteroatoms. The van der Waals surface area contributed by atoms with Crippen molar-refractivity contribution in [3.05, 3.63) is 0 Å². The Morgan fingerprint density at radius 2 is 1.79 bits per heavy atom. The quantitative estimate of drug-likeness (QED) is 0.505. The fourth-order valence-corrected chi connectivity index (χ4v) is 8.91. The summed E-state index contributed by atoms with van der Waals surface area (Å²) in [5.74, 6) is 0.709. The Morgan fingerprint density at radius 1 is 1.06 bits per heavy atom. The van der Waals surface area contributed by atoms with Crippen LogP contribution in [-0.2, 0) is 9.53 Å². The summed E-state index contributed by atoms with van der Waals surface area (Å²) in [7, 11) is 0. The van der Waals surface area contributed by atoms with E-state index in [0.29, 0.717) is 18.8 Å². The topological polar surface area (TPSA) is 87.0 Å². The molecular formula is C26H42F2O5. The van der Waals surface area contributed by atoms with Crippen LogP contribution >= 0.6 is 0 Å². The lowest BCUT2D eigenvalue weighted by atomic mass is 9.43. The van der Waals surface area contributed by atoms with Gasteiger partial charge >= 0.3 is 5.97 Å². The lowest BCUT2D eigenvalue weighted by Gasteiger charge is -2.63. The second-order valence-corrected chi connectivity index (χ2v) is 12.1. The summed E-state index contributed by atoms with van der Waals surface area (Å²) in [6.45, 7) is 5.73. The summed E-state index contributed by atoms with van der Waals surface area (Å²) in [5.41, 5.74) is -0.282. The smallest absolute Gasteiger partial charge is 0.305 e. The van der Waals surface area contributed by atoms with Crippen molar-refractivity contribution in [3.63, 3.8) is 0 Å². The summed E-state index contributed by atoms with van der Waals surface area (Å²) in [4.78, 5) is 11.9. The number of fused-ring (bicyclic) bond motifs is 5. The van der Waals surface area contributed by atoms with E-state index >= 15 is 0 Å². The van der Waals surface area contributed by atoms with Crippen LogP contribution in [0.2, 0.25) is 0 Å². The molecule has 4 fully saturated rings. The Bertz CT molecular complexity index is 719. The van der Waals surface area contributed by atoms with Gasteiger partial charge in [0.25, 0.3) is 6.43 Å². The molecule has 0 aliphatic heterocycles. The number of rotatable bonds is 6. The zero-order valence-corrected chi connectivity index (χ0v) is 20.3. The molecule has 4 aliphatic rings. The van der Waals surface area contributed by atoms with E-state index in [1.807, 2.05) is 0 Å². The largest absolute Gasteiger partial charge is 0.460 e. The van der Waals surface area contributed by atoms with E-state index in [2.05, 4.69) is 25.5 Å². The van der Waals surface area contributed by atoms with Gasteiger partial charge in [-0.1, -0.05) is 20.8 Å². The molecule has 0 radical (unpaired) electrons. The molecule has 3 unspecified atom stereocenters. The Hall–Kier alpha value is -0.790. The third kappa shape index (κ3) is 4.35. The van der Waals surface area contributed by atoms with Gasteiger partial charge in [-0.2, -0.15) is 0 Å². The number of esters is 1. The fourth-order valence-electron chi connectivity index (χ4n) is 8.91. The van der Waals surface area contributed by atoms with Crippen LogP contribution in [0, 0.1) is 46.3 Å². The van der Waals surface area contributed by atoms with Gasteiger partial charge < -0.3 is 20.1 Å². The highest BCUT2D eigenvalue weighted by Crippen LogP contribution is 2.68. The van der Waals surface area contributed by atoms with Gasteiger partial charge in [-0.05, 0) is 97.7 Å². The third-order valence-corrected chi connectivity index (χ3v) is 10.7. The molecule has 190 valence electrons. The number of hydrogen-bond acceptors (Lipinski definition) is 5. The van der Waals surface area contributed by atoms with E-state index in [0.717, 1.165) is 38.5 Å². The summed E-state index contributed by atoms with van der Waals surface area (Å²) in [5, 5.41) is 33.1. The zero-order chi connectivity index (χ0) is 24.1. The first-order valence-corrected chi connectivity index (χ1v) is 13.0. The molecule has 0 aromatic heterocycles. The molecule has 0 bridgehead atoms.